The number of nitrogens with one attached hydrogen (secondary N) is 1. The van der Waals surface area contributed by atoms with Gasteiger partial charge in [-0.3, -0.25) is 4.99 Å². The Hall–Kier alpha value is -1.27. The molecule has 0 radical (unpaired) electrons. The molecule has 0 aromatic heterocycles. The first-order valence-corrected chi connectivity index (χ1v) is 10.8. The quantitative estimate of drug-likeness (QED) is 0.307. The van der Waals surface area contributed by atoms with Crippen LogP contribution in [0.1, 0.15) is 27.2 Å². The van der Waals surface area contributed by atoms with Crippen LogP contribution in [0.15, 0.2) is 34.2 Å². The van der Waals surface area contributed by atoms with E-state index in [2.05, 4.69) is 35.9 Å². The molecule has 4 nitrogen and oxygen atoms in total. The van der Waals surface area contributed by atoms with Crippen LogP contribution < -0.4 is 5.32 Å². The lowest BCUT2D eigenvalue weighted by Gasteiger charge is -2.24. The van der Waals surface area contributed by atoms with Gasteiger partial charge in [-0.05, 0) is 56.6 Å². The average molecular weight is 381 g/mol. The molecule has 1 heterocycles. The fourth-order valence-corrected chi connectivity index (χ4v) is 4.04. The van der Waals surface area contributed by atoms with Crippen molar-refractivity contribution in [1.29, 1.82) is 0 Å². The molecule has 0 bridgehead atoms. The first-order valence-electron chi connectivity index (χ1n) is 9.80. The lowest BCUT2D eigenvalue weighted by Crippen LogP contribution is -2.41. The maximum absolute atomic E-state index is 12.9. The summed E-state index contributed by atoms with van der Waals surface area (Å²) in [5.74, 6) is 2.48. The van der Waals surface area contributed by atoms with E-state index in [1.807, 2.05) is 12.1 Å². The highest BCUT2D eigenvalue weighted by Gasteiger charge is 2.25. The Balaban J connectivity index is 1.81. The number of hydrogen-bond donors (Lipinski definition) is 1. The van der Waals surface area contributed by atoms with Crippen LogP contribution in [0.25, 0.3) is 0 Å². The molecule has 0 amide bonds. The second-order valence-corrected chi connectivity index (χ2v) is 7.79. The minimum Gasteiger partial charge on any atom is -0.357 e. The highest BCUT2D eigenvalue weighted by Crippen LogP contribution is 2.19. The number of nitrogens with zero attached hydrogens (tertiary/aromatic N) is 3. The molecular formula is C20H33FN4S. The number of hydrogen-bond acceptors (Lipinski definition) is 3. The molecule has 1 aromatic carbocycles. The Morgan fingerprint density at radius 2 is 2.00 bits per heavy atom. The van der Waals surface area contributed by atoms with Gasteiger partial charge < -0.3 is 15.1 Å². The number of thioether (sulfide) groups is 1. The normalized spacial score (nSPS) is 18.0. The van der Waals surface area contributed by atoms with E-state index in [9.17, 15) is 4.39 Å². The van der Waals surface area contributed by atoms with Crippen LogP contribution in [-0.2, 0) is 0 Å². The van der Waals surface area contributed by atoms with E-state index in [1.165, 1.54) is 25.1 Å². The van der Waals surface area contributed by atoms with Crippen LogP contribution in [-0.4, -0.2) is 67.3 Å². The Morgan fingerprint density at radius 3 is 2.65 bits per heavy atom. The molecule has 1 aromatic rings. The van der Waals surface area contributed by atoms with E-state index in [1.54, 1.807) is 11.8 Å². The highest BCUT2D eigenvalue weighted by atomic mass is 32.2. The van der Waals surface area contributed by atoms with Crippen LogP contribution in [0.5, 0.6) is 0 Å². The molecule has 1 fully saturated rings. The van der Waals surface area contributed by atoms with Gasteiger partial charge in [0.05, 0.1) is 6.54 Å². The Morgan fingerprint density at radius 1 is 1.27 bits per heavy atom. The van der Waals surface area contributed by atoms with Crippen molar-refractivity contribution in [3.63, 3.8) is 0 Å². The van der Waals surface area contributed by atoms with Gasteiger partial charge in [-0.1, -0.05) is 13.8 Å². The Labute approximate surface area is 162 Å². The van der Waals surface area contributed by atoms with Gasteiger partial charge >= 0.3 is 0 Å². The predicted octanol–water partition coefficient (Wildman–Crippen LogP) is 3.55. The van der Waals surface area contributed by atoms with Gasteiger partial charge in [0.2, 0.25) is 0 Å². The Bertz CT molecular complexity index is 545. The van der Waals surface area contributed by atoms with Gasteiger partial charge in [-0.25, -0.2) is 4.39 Å². The van der Waals surface area contributed by atoms with Gasteiger partial charge in [0.25, 0.3) is 0 Å². The van der Waals surface area contributed by atoms with Crippen LogP contribution in [0.2, 0.25) is 0 Å². The van der Waals surface area contributed by atoms with Crippen molar-refractivity contribution < 1.29 is 4.39 Å². The SMILES string of the molecule is CCNC(=NCCSc1ccc(F)cc1)N1CCC(CN(CC)CC)C1. The topological polar surface area (TPSA) is 30.9 Å². The number of aliphatic imine (C=N–C) groups is 1. The Kier molecular flexibility index (Phi) is 9.26. The molecule has 0 spiro atoms. The largest absolute Gasteiger partial charge is 0.357 e. The summed E-state index contributed by atoms with van der Waals surface area (Å²) in [6.45, 7) is 13.9. The molecular weight excluding hydrogens is 347 g/mol. The summed E-state index contributed by atoms with van der Waals surface area (Å²) >= 11 is 1.72. The standard InChI is InChI=1S/C20H33FN4S/c1-4-22-20(23-12-14-26-19-9-7-18(21)8-10-19)25-13-11-17(16-25)15-24(5-2)6-3/h7-10,17H,4-6,11-16H2,1-3H3,(H,22,23). The van der Waals surface area contributed by atoms with E-state index in [-0.39, 0.29) is 5.82 Å². The number of guanidine groups is 1. The molecule has 0 saturated carbocycles. The molecule has 1 unspecified atom stereocenters. The van der Waals surface area contributed by atoms with Crippen molar-refractivity contribution in [3.05, 3.63) is 30.1 Å². The molecule has 1 aliphatic heterocycles. The van der Waals surface area contributed by atoms with Crippen molar-refractivity contribution in [3.8, 4) is 0 Å². The van der Waals surface area contributed by atoms with E-state index in [0.29, 0.717) is 0 Å². The smallest absolute Gasteiger partial charge is 0.193 e. The van der Waals surface area contributed by atoms with E-state index < -0.39 is 0 Å². The molecule has 146 valence electrons. The zero-order valence-electron chi connectivity index (χ0n) is 16.4. The molecule has 2 rings (SSSR count). The second-order valence-electron chi connectivity index (χ2n) is 6.62. The summed E-state index contributed by atoms with van der Waals surface area (Å²) in [6.07, 6.45) is 1.24. The molecule has 0 aliphatic carbocycles. The third kappa shape index (κ3) is 6.80. The number of rotatable bonds is 9. The third-order valence-corrected chi connectivity index (χ3v) is 5.76. The minimum absolute atomic E-state index is 0.185. The van der Waals surface area contributed by atoms with Gasteiger partial charge in [0, 0.05) is 36.8 Å². The summed E-state index contributed by atoms with van der Waals surface area (Å²) in [6, 6.07) is 6.67. The fraction of sp³-hybridized carbons (Fsp3) is 0.650. The maximum atomic E-state index is 12.9. The number of halogens is 1. The van der Waals surface area contributed by atoms with Crippen molar-refractivity contribution >= 4 is 17.7 Å². The monoisotopic (exact) mass is 380 g/mol. The maximum Gasteiger partial charge on any atom is 0.193 e. The van der Waals surface area contributed by atoms with Crippen molar-refractivity contribution in [2.75, 3.05) is 51.6 Å². The van der Waals surface area contributed by atoms with E-state index >= 15 is 0 Å². The summed E-state index contributed by atoms with van der Waals surface area (Å²) in [5.41, 5.74) is 0. The number of benzene rings is 1. The first-order chi connectivity index (χ1) is 12.7. The fourth-order valence-electron chi connectivity index (χ4n) is 3.29. The second kappa shape index (κ2) is 11.4. The van der Waals surface area contributed by atoms with Crippen LogP contribution in [0, 0.1) is 11.7 Å². The van der Waals surface area contributed by atoms with Crippen molar-refractivity contribution in [2.45, 2.75) is 32.1 Å². The van der Waals surface area contributed by atoms with Gasteiger partial charge in [0.15, 0.2) is 5.96 Å². The third-order valence-electron chi connectivity index (χ3n) is 4.77. The average Bonchev–Trinajstić information content (AvgIpc) is 3.12. The predicted molar refractivity (Wildman–Crippen MR) is 111 cm³/mol. The zero-order chi connectivity index (χ0) is 18.8. The molecule has 6 heteroatoms. The summed E-state index contributed by atoms with van der Waals surface area (Å²) in [7, 11) is 0. The molecule has 26 heavy (non-hydrogen) atoms. The van der Waals surface area contributed by atoms with E-state index in [4.69, 9.17) is 4.99 Å². The summed E-state index contributed by atoms with van der Waals surface area (Å²) in [4.78, 5) is 10.8. The van der Waals surface area contributed by atoms with Crippen molar-refractivity contribution in [2.24, 2.45) is 10.9 Å². The number of likely N-dealkylation sites (tertiary alicyclic amines) is 1. The van der Waals surface area contributed by atoms with Crippen LogP contribution in [0.3, 0.4) is 0 Å². The van der Waals surface area contributed by atoms with Crippen LogP contribution in [0.4, 0.5) is 4.39 Å². The molecule has 1 N–H and O–H groups in total. The van der Waals surface area contributed by atoms with Gasteiger partial charge in [0.1, 0.15) is 5.82 Å². The lowest BCUT2D eigenvalue weighted by molar-refractivity contribution is 0.255. The highest BCUT2D eigenvalue weighted by molar-refractivity contribution is 7.99. The zero-order valence-corrected chi connectivity index (χ0v) is 17.2. The minimum atomic E-state index is -0.185. The van der Waals surface area contributed by atoms with E-state index in [0.717, 1.165) is 61.8 Å². The molecule has 1 saturated heterocycles. The molecule has 1 aliphatic rings. The van der Waals surface area contributed by atoms with Crippen LogP contribution >= 0.6 is 11.8 Å². The van der Waals surface area contributed by atoms with Gasteiger partial charge in [-0.15, -0.1) is 11.8 Å². The summed E-state index contributed by atoms with van der Waals surface area (Å²) in [5, 5.41) is 3.44. The lowest BCUT2D eigenvalue weighted by atomic mass is 10.1. The van der Waals surface area contributed by atoms with Crippen molar-refractivity contribution in [1.82, 2.24) is 15.1 Å². The van der Waals surface area contributed by atoms with Gasteiger partial charge in [-0.2, -0.15) is 0 Å². The first kappa shape index (κ1) is 21.0. The molecule has 1 atom stereocenters. The summed E-state index contributed by atoms with van der Waals surface area (Å²) < 4.78 is 12.9.